The minimum absolute atomic E-state index is 0.0503. The van der Waals surface area contributed by atoms with E-state index in [2.05, 4.69) is 10.1 Å². The molecule has 0 saturated heterocycles. The number of hydrogen-bond acceptors (Lipinski definition) is 4. The van der Waals surface area contributed by atoms with Crippen LogP contribution in [0.1, 0.15) is 5.69 Å². The first-order valence-corrected chi connectivity index (χ1v) is 7.84. The predicted octanol–water partition coefficient (Wildman–Crippen LogP) is 1.82. The van der Waals surface area contributed by atoms with Crippen molar-refractivity contribution in [3.05, 3.63) is 57.6 Å². The largest absolute Gasteiger partial charge is 0.295 e. The third-order valence-electron chi connectivity index (χ3n) is 3.01. The molecule has 3 aromatic rings. The number of benzene rings is 1. The monoisotopic (exact) mass is 323 g/mol. The second-order valence-corrected chi connectivity index (χ2v) is 6.84. The van der Waals surface area contributed by atoms with E-state index in [0.717, 1.165) is 4.52 Å². The Balaban J connectivity index is 2.29. The fraction of sp³-hybridized carbons (Fsp3) is 0.0769. The number of aryl methyl sites for hydroxylation is 1. The first-order valence-electron chi connectivity index (χ1n) is 5.98. The van der Waals surface area contributed by atoms with Crippen molar-refractivity contribution in [2.75, 3.05) is 0 Å². The van der Waals surface area contributed by atoms with Crippen LogP contribution in [0.3, 0.4) is 0 Å². The molecule has 0 spiro atoms. The van der Waals surface area contributed by atoms with Gasteiger partial charge in [0, 0.05) is 23.0 Å². The van der Waals surface area contributed by atoms with Crippen LogP contribution < -0.4 is 5.56 Å². The van der Waals surface area contributed by atoms with Crippen LogP contribution in [0.5, 0.6) is 0 Å². The molecule has 0 amide bonds. The first-order chi connectivity index (χ1) is 9.89. The number of sulfone groups is 1. The summed E-state index contributed by atoms with van der Waals surface area (Å²) in [5, 5.41) is 3.05. The van der Waals surface area contributed by atoms with Crippen LogP contribution in [0.25, 0.3) is 5.65 Å². The van der Waals surface area contributed by atoms with Crippen molar-refractivity contribution < 1.29 is 8.42 Å². The summed E-state index contributed by atoms with van der Waals surface area (Å²) in [4.78, 5) is 16.0. The molecular weight excluding hydrogens is 314 g/mol. The maximum absolute atomic E-state index is 12.6. The van der Waals surface area contributed by atoms with Gasteiger partial charge in [-0.05, 0) is 31.2 Å². The lowest BCUT2D eigenvalue weighted by Gasteiger charge is -2.03. The second-order valence-electron chi connectivity index (χ2n) is 4.49. The number of hydrogen-bond donors (Lipinski definition) is 1. The van der Waals surface area contributed by atoms with Crippen LogP contribution in [-0.4, -0.2) is 23.0 Å². The zero-order valence-electron chi connectivity index (χ0n) is 10.9. The Kier molecular flexibility index (Phi) is 3.11. The molecule has 3 rings (SSSR count). The standard InChI is InChI=1S/C13H10ClN3O3S/c1-8-6-12(18)17-13(16-8)11(7-15-17)21(19,20)10-4-2-9(14)3-5-10/h2-7,15H,1H3. The molecule has 6 nitrogen and oxygen atoms in total. The summed E-state index contributed by atoms with van der Waals surface area (Å²) in [7, 11) is -3.78. The number of H-pyrrole nitrogens is 1. The molecule has 0 radical (unpaired) electrons. The lowest BCUT2D eigenvalue weighted by molar-refractivity contribution is 0.596. The van der Waals surface area contributed by atoms with Gasteiger partial charge in [0.25, 0.3) is 5.56 Å². The fourth-order valence-corrected chi connectivity index (χ4v) is 3.47. The highest BCUT2D eigenvalue weighted by molar-refractivity contribution is 7.91. The SMILES string of the molecule is Cc1cc(=O)n2[nH]cc(S(=O)(=O)c3ccc(Cl)cc3)c2n1. The van der Waals surface area contributed by atoms with Gasteiger partial charge < -0.3 is 0 Å². The van der Waals surface area contributed by atoms with Crippen LogP contribution >= 0.6 is 11.6 Å². The number of fused-ring (bicyclic) bond motifs is 1. The van der Waals surface area contributed by atoms with Crippen LogP contribution in [0, 0.1) is 6.92 Å². The van der Waals surface area contributed by atoms with Gasteiger partial charge >= 0.3 is 0 Å². The van der Waals surface area contributed by atoms with Crippen molar-refractivity contribution in [2.45, 2.75) is 16.7 Å². The molecular formula is C13H10ClN3O3S. The van der Waals surface area contributed by atoms with E-state index in [0.29, 0.717) is 10.7 Å². The Morgan fingerprint density at radius 1 is 1.24 bits per heavy atom. The van der Waals surface area contributed by atoms with E-state index in [9.17, 15) is 13.2 Å². The molecule has 0 fully saturated rings. The third-order valence-corrected chi connectivity index (χ3v) is 5.03. The molecule has 2 aromatic heterocycles. The number of rotatable bonds is 2. The van der Waals surface area contributed by atoms with Gasteiger partial charge in [-0.1, -0.05) is 11.6 Å². The highest BCUT2D eigenvalue weighted by atomic mass is 35.5. The van der Waals surface area contributed by atoms with Crippen LogP contribution in [-0.2, 0) is 9.84 Å². The topological polar surface area (TPSA) is 84.3 Å². The minimum Gasteiger partial charge on any atom is -0.295 e. The summed E-state index contributed by atoms with van der Waals surface area (Å²) >= 11 is 5.76. The highest BCUT2D eigenvalue weighted by Gasteiger charge is 2.23. The Bertz CT molecular complexity index is 988. The second kappa shape index (κ2) is 4.71. The average Bonchev–Trinajstić information content (AvgIpc) is 2.83. The van der Waals surface area contributed by atoms with Gasteiger partial charge in [-0.2, -0.15) is 0 Å². The zero-order chi connectivity index (χ0) is 15.2. The molecule has 1 aromatic carbocycles. The van der Waals surface area contributed by atoms with Gasteiger partial charge in [-0.3, -0.25) is 9.89 Å². The lowest BCUT2D eigenvalue weighted by atomic mass is 10.4. The van der Waals surface area contributed by atoms with Crippen molar-refractivity contribution in [3.63, 3.8) is 0 Å². The average molecular weight is 324 g/mol. The van der Waals surface area contributed by atoms with E-state index in [1.807, 2.05) is 0 Å². The first kappa shape index (κ1) is 13.8. The predicted molar refractivity (Wildman–Crippen MR) is 77.5 cm³/mol. The maximum atomic E-state index is 12.6. The normalized spacial score (nSPS) is 11.9. The highest BCUT2D eigenvalue weighted by Crippen LogP contribution is 2.24. The Labute approximate surface area is 124 Å². The molecule has 0 bridgehead atoms. The van der Waals surface area contributed by atoms with Gasteiger partial charge in [0.15, 0.2) is 5.65 Å². The quantitative estimate of drug-likeness (QED) is 0.779. The smallest absolute Gasteiger partial charge is 0.272 e. The number of nitrogens with zero attached hydrogens (tertiary/aromatic N) is 2. The van der Waals surface area contributed by atoms with E-state index in [1.165, 1.54) is 36.5 Å². The van der Waals surface area contributed by atoms with Gasteiger partial charge in [-0.25, -0.2) is 17.9 Å². The number of aromatic nitrogens is 3. The molecule has 0 unspecified atom stereocenters. The summed E-state index contributed by atoms with van der Waals surface area (Å²) in [6, 6.07) is 7.13. The molecule has 0 aliphatic heterocycles. The molecule has 8 heteroatoms. The maximum Gasteiger partial charge on any atom is 0.272 e. The van der Waals surface area contributed by atoms with Crippen LogP contribution in [0.15, 0.2) is 51.1 Å². The molecule has 0 aliphatic carbocycles. The fourth-order valence-electron chi connectivity index (χ4n) is 2.01. The van der Waals surface area contributed by atoms with Crippen molar-refractivity contribution in [2.24, 2.45) is 0 Å². The van der Waals surface area contributed by atoms with E-state index in [-0.39, 0.29) is 21.0 Å². The van der Waals surface area contributed by atoms with Crippen molar-refractivity contribution in [3.8, 4) is 0 Å². The molecule has 0 aliphatic rings. The number of nitrogens with one attached hydrogen (secondary N) is 1. The van der Waals surface area contributed by atoms with Crippen molar-refractivity contribution in [1.29, 1.82) is 0 Å². The Morgan fingerprint density at radius 2 is 1.90 bits per heavy atom. The lowest BCUT2D eigenvalue weighted by Crippen LogP contribution is -2.15. The summed E-state index contributed by atoms with van der Waals surface area (Å²) in [5.41, 5.74) is 0.164. The van der Waals surface area contributed by atoms with E-state index < -0.39 is 9.84 Å². The molecule has 0 atom stereocenters. The minimum atomic E-state index is -3.78. The van der Waals surface area contributed by atoms with E-state index in [4.69, 9.17) is 11.6 Å². The molecule has 0 saturated carbocycles. The molecule has 108 valence electrons. The van der Waals surface area contributed by atoms with Gasteiger partial charge in [-0.15, -0.1) is 0 Å². The van der Waals surface area contributed by atoms with Crippen molar-refractivity contribution in [1.82, 2.24) is 14.6 Å². The number of halogens is 1. The Morgan fingerprint density at radius 3 is 2.57 bits per heavy atom. The van der Waals surface area contributed by atoms with Gasteiger partial charge in [0.05, 0.1) is 4.90 Å². The van der Waals surface area contributed by atoms with E-state index in [1.54, 1.807) is 6.92 Å². The third kappa shape index (κ3) is 2.24. The summed E-state index contributed by atoms with van der Waals surface area (Å²) < 4.78 is 26.3. The molecule has 2 heterocycles. The zero-order valence-corrected chi connectivity index (χ0v) is 12.4. The van der Waals surface area contributed by atoms with Gasteiger partial charge in [0.2, 0.25) is 9.84 Å². The van der Waals surface area contributed by atoms with Gasteiger partial charge in [0.1, 0.15) is 4.90 Å². The summed E-state index contributed by atoms with van der Waals surface area (Å²) in [6.45, 7) is 1.63. The molecule has 21 heavy (non-hydrogen) atoms. The summed E-state index contributed by atoms with van der Waals surface area (Å²) in [6.07, 6.45) is 1.26. The summed E-state index contributed by atoms with van der Waals surface area (Å²) in [5.74, 6) is 0. The van der Waals surface area contributed by atoms with Crippen LogP contribution in [0.4, 0.5) is 0 Å². The Hall–Kier alpha value is -2.12. The molecule has 1 N–H and O–H groups in total. The van der Waals surface area contributed by atoms with Crippen molar-refractivity contribution >= 4 is 27.1 Å². The van der Waals surface area contributed by atoms with Crippen LogP contribution in [0.2, 0.25) is 5.02 Å². The van der Waals surface area contributed by atoms with E-state index >= 15 is 0 Å². The number of aromatic amines is 1.